The SMILES string of the molecule is CCNC(=NCC(CCO)CC(C)C)NCCC(=O)N1CCc2sccc2C1. The Balaban J connectivity index is 1.79. The van der Waals surface area contributed by atoms with E-state index >= 15 is 0 Å². The van der Waals surface area contributed by atoms with Crippen molar-refractivity contribution in [2.24, 2.45) is 16.8 Å². The van der Waals surface area contributed by atoms with E-state index in [9.17, 15) is 9.90 Å². The molecule has 0 aliphatic carbocycles. The molecule has 1 unspecified atom stereocenters. The summed E-state index contributed by atoms with van der Waals surface area (Å²) in [4.78, 5) is 20.6. The number of fused-ring (bicyclic) bond motifs is 1. The largest absolute Gasteiger partial charge is 0.396 e. The lowest BCUT2D eigenvalue weighted by Crippen LogP contribution is -2.41. The van der Waals surface area contributed by atoms with Crippen LogP contribution in [0.1, 0.15) is 50.5 Å². The van der Waals surface area contributed by atoms with Crippen LogP contribution in [0.2, 0.25) is 0 Å². The van der Waals surface area contributed by atoms with Gasteiger partial charge in [0.05, 0.1) is 0 Å². The summed E-state index contributed by atoms with van der Waals surface area (Å²) in [7, 11) is 0. The number of guanidine groups is 1. The van der Waals surface area contributed by atoms with E-state index in [0.29, 0.717) is 31.3 Å². The van der Waals surface area contributed by atoms with Gasteiger partial charge in [0.15, 0.2) is 5.96 Å². The van der Waals surface area contributed by atoms with Gasteiger partial charge in [-0.25, -0.2) is 0 Å². The Morgan fingerprint density at radius 1 is 1.39 bits per heavy atom. The minimum Gasteiger partial charge on any atom is -0.396 e. The molecule has 1 aliphatic rings. The molecule has 0 bridgehead atoms. The van der Waals surface area contributed by atoms with Crippen molar-refractivity contribution in [2.75, 3.05) is 32.8 Å². The van der Waals surface area contributed by atoms with E-state index in [2.05, 4.69) is 40.9 Å². The van der Waals surface area contributed by atoms with Crippen LogP contribution in [-0.2, 0) is 17.8 Å². The minimum atomic E-state index is 0.193. The van der Waals surface area contributed by atoms with Gasteiger partial charge < -0.3 is 20.6 Å². The third kappa shape index (κ3) is 7.43. The van der Waals surface area contributed by atoms with E-state index in [1.807, 2.05) is 11.8 Å². The molecule has 0 spiro atoms. The molecule has 1 aromatic heterocycles. The molecule has 3 N–H and O–H groups in total. The quantitative estimate of drug-likeness (QED) is 0.411. The molecule has 0 aromatic carbocycles. The summed E-state index contributed by atoms with van der Waals surface area (Å²) >= 11 is 1.79. The van der Waals surface area contributed by atoms with Gasteiger partial charge in [0.2, 0.25) is 5.91 Å². The zero-order valence-corrected chi connectivity index (χ0v) is 18.4. The zero-order chi connectivity index (χ0) is 20.4. The van der Waals surface area contributed by atoms with Crippen LogP contribution < -0.4 is 10.6 Å². The monoisotopic (exact) mass is 408 g/mol. The maximum absolute atomic E-state index is 12.5. The number of rotatable bonds is 10. The fourth-order valence-electron chi connectivity index (χ4n) is 3.60. The molecule has 1 amide bonds. The third-order valence-corrected chi connectivity index (χ3v) is 6.01. The van der Waals surface area contributed by atoms with Crippen molar-refractivity contribution in [1.82, 2.24) is 15.5 Å². The van der Waals surface area contributed by atoms with E-state index in [-0.39, 0.29) is 12.5 Å². The van der Waals surface area contributed by atoms with E-state index in [0.717, 1.165) is 44.9 Å². The van der Waals surface area contributed by atoms with Gasteiger partial charge >= 0.3 is 0 Å². The molecular formula is C21H36N4O2S. The molecule has 7 heteroatoms. The second-order valence-electron chi connectivity index (χ2n) is 7.84. The first-order chi connectivity index (χ1) is 13.5. The molecule has 0 radical (unpaired) electrons. The van der Waals surface area contributed by atoms with Crippen molar-refractivity contribution in [3.05, 3.63) is 21.9 Å². The van der Waals surface area contributed by atoms with Crippen molar-refractivity contribution in [3.63, 3.8) is 0 Å². The van der Waals surface area contributed by atoms with Crippen LogP contribution in [0.4, 0.5) is 0 Å². The second kappa shape index (κ2) is 12.1. The highest BCUT2D eigenvalue weighted by atomic mass is 32.1. The number of thiophene rings is 1. The number of amides is 1. The van der Waals surface area contributed by atoms with Gasteiger partial charge in [0.1, 0.15) is 0 Å². The minimum absolute atomic E-state index is 0.193. The first-order valence-electron chi connectivity index (χ1n) is 10.5. The predicted octanol–water partition coefficient (Wildman–Crippen LogP) is 2.62. The molecule has 1 aromatic rings. The number of carbonyl (C=O) groups excluding carboxylic acids is 1. The maximum Gasteiger partial charge on any atom is 0.224 e. The molecule has 2 heterocycles. The Hall–Kier alpha value is -1.60. The Morgan fingerprint density at radius 2 is 2.21 bits per heavy atom. The molecule has 1 aliphatic heterocycles. The van der Waals surface area contributed by atoms with Gasteiger partial charge in [0.25, 0.3) is 0 Å². The molecule has 28 heavy (non-hydrogen) atoms. The lowest BCUT2D eigenvalue weighted by Gasteiger charge is -2.27. The summed E-state index contributed by atoms with van der Waals surface area (Å²) in [6.45, 7) is 10.2. The number of carbonyl (C=O) groups is 1. The maximum atomic E-state index is 12.5. The van der Waals surface area contributed by atoms with Gasteiger partial charge in [-0.05, 0) is 55.0 Å². The van der Waals surface area contributed by atoms with Crippen LogP contribution >= 0.6 is 11.3 Å². The van der Waals surface area contributed by atoms with E-state index in [1.165, 1.54) is 10.4 Å². The summed E-state index contributed by atoms with van der Waals surface area (Å²) in [5.41, 5.74) is 1.30. The number of aliphatic imine (C=N–C) groups is 1. The summed E-state index contributed by atoms with van der Waals surface area (Å²) < 4.78 is 0. The number of nitrogens with one attached hydrogen (secondary N) is 2. The van der Waals surface area contributed by atoms with Crippen molar-refractivity contribution < 1.29 is 9.90 Å². The Labute approximate surface area is 173 Å². The molecule has 0 saturated heterocycles. The highest BCUT2D eigenvalue weighted by Gasteiger charge is 2.21. The third-order valence-electron chi connectivity index (χ3n) is 4.99. The van der Waals surface area contributed by atoms with Crippen LogP contribution in [-0.4, -0.2) is 54.7 Å². The molecular weight excluding hydrogens is 372 g/mol. The number of aliphatic hydroxyl groups is 1. The summed E-state index contributed by atoms with van der Waals surface area (Å²) in [6.07, 6.45) is 3.27. The van der Waals surface area contributed by atoms with Crippen molar-refractivity contribution >= 4 is 23.2 Å². The van der Waals surface area contributed by atoms with Crippen molar-refractivity contribution in [2.45, 2.75) is 53.0 Å². The molecule has 1 atom stereocenters. The van der Waals surface area contributed by atoms with Crippen molar-refractivity contribution in [1.29, 1.82) is 0 Å². The van der Waals surface area contributed by atoms with Crippen LogP contribution in [0.3, 0.4) is 0 Å². The molecule has 158 valence electrons. The van der Waals surface area contributed by atoms with Gasteiger partial charge in [0, 0.05) is 50.6 Å². The lowest BCUT2D eigenvalue weighted by atomic mass is 9.94. The van der Waals surface area contributed by atoms with E-state index < -0.39 is 0 Å². The number of hydrogen-bond acceptors (Lipinski definition) is 4. The Kier molecular flexibility index (Phi) is 9.78. The smallest absolute Gasteiger partial charge is 0.224 e. The molecule has 2 rings (SSSR count). The summed E-state index contributed by atoms with van der Waals surface area (Å²) in [6, 6.07) is 2.13. The van der Waals surface area contributed by atoms with Gasteiger partial charge in [-0.1, -0.05) is 13.8 Å². The number of aliphatic hydroxyl groups excluding tert-OH is 1. The van der Waals surface area contributed by atoms with Gasteiger partial charge in [-0.3, -0.25) is 9.79 Å². The average molecular weight is 409 g/mol. The zero-order valence-electron chi connectivity index (χ0n) is 17.5. The van der Waals surface area contributed by atoms with Crippen molar-refractivity contribution in [3.8, 4) is 0 Å². The van der Waals surface area contributed by atoms with Crippen LogP contribution in [0.15, 0.2) is 16.4 Å². The second-order valence-corrected chi connectivity index (χ2v) is 8.84. The predicted molar refractivity (Wildman–Crippen MR) is 117 cm³/mol. The van der Waals surface area contributed by atoms with Crippen LogP contribution in [0, 0.1) is 11.8 Å². The van der Waals surface area contributed by atoms with Gasteiger partial charge in [-0.2, -0.15) is 0 Å². The molecule has 0 saturated carbocycles. The average Bonchev–Trinajstić information content (AvgIpc) is 3.13. The summed E-state index contributed by atoms with van der Waals surface area (Å²) in [5, 5.41) is 17.9. The standard InChI is InChI=1S/C21H36N4O2S/c1-4-22-21(24-14-17(7-11-26)13-16(2)3)23-9-5-20(27)25-10-6-19-18(15-25)8-12-28-19/h8,12,16-17,26H,4-7,9-11,13-15H2,1-3H3,(H2,22,23,24). The summed E-state index contributed by atoms with van der Waals surface area (Å²) in [5.74, 6) is 1.92. The fourth-order valence-corrected chi connectivity index (χ4v) is 4.49. The topological polar surface area (TPSA) is 77.0 Å². The normalized spacial score (nSPS) is 15.5. The molecule has 0 fully saturated rings. The molecule has 6 nitrogen and oxygen atoms in total. The first kappa shape index (κ1) is 22.7. The van der Waals surface area contributed by atoms with E-state index in [4.69, 9.17) is 0 Å². The Morgan fingerprint density at radius 3 is 2.93 bits per heavy atom. The number of nitrogens with zero attached hydrogens (tertiary/aromatic N) is 2. The number of hydrogen-bond donors (Lipinski definition) is 3. The fraction of sp³-hybridized carbons (Fsp3) is 0.714. The Bertz CT molecular complexity index is 630. The van der Waals surface area contributed by atoms with Gasteiger partial charge in [-0.15, -0.1) is 11.3 Å². The van der Waals surface area contributed by atoms with Crippen LogP contribution in [0.5, 0.6) is 0 Å². The first-order valence-corrected chi connectivity index (χ1v) is 11.4. The highest BCUT2D eigenvalue weighted by Crippen LogP contribution is 2.24. The van der Waals surface area contributed by atoms with E-state index in [1.54, 1.807) is 11.3 Å². The highest BCUT2D eigenvalue weighted by molar-refractivity contribution is 7.10. The lowest BCUT2D eigenvalue weighted by molar-refractivity contribution is -0.131. The van der Waals surface area contributed by atoms with Crippen LogP contribution in [0.25, 0.3) is 0 Å².